The molecule has 0 aliphatic rings. The minimum Gasteiger partial charge on any atom is -0.465 e. The molecule has 0 radical (unpaired) electrons. The van der Waals surface area contributed by atoms with Crippen molar-refractivity contribution in [2.45, 2.75) is 5.82 Å². The number of hydrogen-bond donors (Lipinski definition) is 0. The Bertz CT molecular complexity index is 713. The van der Waals surface area contributed by atoms with Gasteiger partial charge in [0.1, 0.15) is 0 Å². The third kappa shape index (κ3) is 3.31. The van der Waals surface area contributed by atoms with Crippen molar-refractivity contribution in [1.29, 1.82) is 0 Å². The molecule has 0 saturated heterocycles. The predicted octanol–water partition coefficient (Wildman–Crippen LogP) is 4.04. The monoisotopic (exact) mass is 312 g/mol. The predicted molar refractivity (Wildman–Crippen MR) is 76.3 cm³/mol. The molecule has 0 fully saturated rings. The van der Waals surface area contributed by atoms with E-state index < -0.39 is 17.6 Å². The zero-order valence-electron chi connectivity index (χ0n) is 11.0. The fraction of sp³-hybridized carbons (Fsp3) is 0.133. The molecule has 1 atom stereocenters. The van der Waals surface area contributed by atoms with Crippen LogP contribution in [0.15, 0.2) is 36.9 Å². The summed E-state index contributed by atoms with van der Waals surface area (Å²) in [5.74, 6) is -3.76. The van der Waals surface area contributed by atoms with Crippen molar-refractivity contribution in [3.05, 3.63) is 48.3 Å². The lowest BCUT2D eigenvalue weighted by Gasteiger charge is -2.10. The molecule has 6 heteroatoms. The Morgan fingerprint density at radius 1 is 1.29 bits per heavy atom. The summed E-state index contributed by atoms with van der Waals surface area (Å²) in [5.41, 5.74) is 0.668. The number of rotatable bonds is 4. The average molecular weight is 313 g/mol. The van der Waals surface area contributed by atoms with Gasteiger partial charge in [-0.15, -0.1) is 0 Å². The van der Waals surface area contributed by atoms with E-state index in [2.05, 4.69) is 16.1 Å². The second-order valence-electron chi connectivity index (χ2n) is 4.19. The van der Waals surface area contributed by atoms with E-state index in [4.69, 9.17) is 11.6 Å². The van der Waals surface area contributed by atoms with Gasteiger partial charge in [-0.2, -0.15) is 4.39 Å². The molecule has 110 valence electrons. The van der Waals surface area contributed by atoms with E-state index in [1.807, 2.05) is 0 Å². The molecule has 0 aliphatic carbocycles. The number of carbonyl (C=O) groups is 1. The van der Waals surface area contributed by atoms with Crippen molar-refractivity contribution < 1.29 is 23.0 Å². The fourth-order valence-corrected chi connectivity index (χ4v) is 1.96. The maximum atomic E-state index is 13.7. The lowest BCUT2D eigenvalue weighted by molar-refractivity contribution is -0.133. The Morgan fingerprint density at radius 2 is 2.00 bits per heavy atom. The van der Waals surface area contributed by atoms with E-state index in [0.29, 0.717) is 16.3 Å². The molecule has 0 bridgehead atoms. The molecule has 1 unspecified atom stereocenters. The van der Waals surface area contributed by atoms with Gasteiger partial charge < -0.3 is 9.47 Å². The van der Waals surface area contributed by atoms with Crippen molar-refractivity contribution >= 4 is 33.9 Å². The Hall–Kier alpha value is -2.14. The molecule has 0 aliphatic heterocycles. The summed E-state index contributed by atoms with van der Waals surface area (Å²) in [4.78, 5) is 11.4. The molecule has 2 aromatic rings. The summed E-state index contributed by atoms with van der Waals surface area (Å²) >= 11 is 5.05. The number of halogens is 3. The van der Waals surface area contributed by atoms with Gasteiger partial charge >= 0.3 is 11.8 Å². The first-order valence-electron chi connectivity index (χ1n) is 5.88. The molecule has 2 aromatic carbocycles. The average Bonchev–Trinajstić information content (AvgIpc) is 2.45. The highest BCUT2D eigenvalue weighted by Crippen LogP contribution is 2.28. The Morgan fingerprint density at radius 3 is 2.62 bits per heavy atom. The van der Waals surface area contributed by atoms with Crippen LogP contribution < -0.4 is 4.74 Å². The van der Waals surface area contributed by atoms with Crippen LogP contribution in [0.2, 0.25) is 0 Å². The van der Waals surface area contributed by atoms with Gasteiger partial charge in [-0.1, -0.05) is 18.7 Å². The highest BCUT2D eigenvalue weighted by molar-refractivity contribution is 6.18. The topological polar surface area (TPSA) is 35.5 Å². The van der Waals surface area contributed by atoms with Gasteiger partial charge in [-0.25, -0.2) is 9.18 Å². The second-order valence-corrected chi connectivity index (χ2v) is 4.54. The van der Waals surface area contributed by atoms with Crippen molar-refractivity contribution in [2.24, 2.45) is 0 Å². The van der Waals surface area contributed by atoms with Crippen LogP contribution >= 0.6 is 11.6 Å². The number of hydrogen-bond acceptors (Lipinski definition) is 3. The number of benzene rings is 2. The second kappa shape index (κ2) is 6.10. The van der Waals surface area contributed by atoms with Crippen LogP contribution in [0.1, 0.15) is 5.56 Å². The minimum atomic E-state index is -2.15. The maximum absolute atomic E-state index is 13.7. The Balaban J connectivity index is 2.48. The molecule has 21 heavy (non-hydrogen) atoms. The number of ether oxygens (including phenoxy) is 2. The molecule has 0 saturated carbocycles. The molecular formula is C15H11ClF2O3. The number of carbonyl (C=O) groups excluding carboxylic acids is 1. The summed E-state index contributed by atoms with van der Waals surface area (Å²) in [6, 6.07) is 7.31. The van der Waals surface area contributed by atoms with E-state index in [0.717, 1.165) is 0 Å². The van der Waals surface area contributed by atoms with Gasteiger partial charge in [0.05, 0.1) is 12.7 Å². The molecule has 0 aromatic heterocycles. The lowest BCUT2D eigenvalue weighted by Crippen LogP contribution is -2.03. The Labute approximate surface area is 124 Å². The van der Waals surface area contributed by atoms with Gasteiger partial charge in [0.2, 0.25) is 0 Å². The van der Waals surface area contributed by atoms with Crippen molar-refractivity contribution in [3.8, 4) is 5.75 Å². The van der Waals surface area contributed by atoms with Crippen LogP contribution in [0.4, 0.5) is 8.78 Å². The van der Waals surface area contributed by atoms with Crippen molar-refractivity contribution in [1.82, 2.24) is 0 Å². The smallest absolute Gasteiger partial charge is 0.337 e. The van der Waals surface area contributed by atoms with Crippen LogP contribution in [-0.4, -0.2) is 18.9 Å². The third-order valence-corrected chi connectivity index (χ3v) is 2.98. The first-order valence-corrected chi connectivity index (χ1v) is 6.31. The van der Waals surface area contributed by atoms with Crippen LogP contribution in [0.5, 0.6) is 5.75 Å². The summed E-state index contributed by atoms with van der Waals surface area (Å²) < 4.78 is 35.4. The summed E-state index contributed by atoms with van der Waals surface area (Å²) in [6.45, 7) is 3.63. The zero-order valence-corrected chi connectivity index (χ0v) is 11.8. The fourth-order valence-electron chi connectivity index (χ4n) is 1.86. The van der Waals surface area contributed by atoms with E-state index in [1.54, 1.807) is 18.2 Å². The first-order chi connectivity index (χ1) is 9.92. The molecule has 0 N–H and O–H groups in total. The molecule has 3 nitrogen and oxygen atoms in total. The molecule has 0 heterocycles. The summed E-state index contributed by atoms with van der Waals surface area (Å²) in [7, 11) is 1.25. The quantitative estimate of drug-likeness (QED) is 0.485. The maximum Gasteiger partial charge on any atom is 0.337 e. The van der Waals surface area contributed by atoms with Crippen LogP contribution in [-0.2, 0) is 9.53 Å². The van der Waals surface area contributed by atoms with Gasteiger partial charge in [0.15, 0.2) is 11.6 Å². The van der Waals surface area contributed by atoms with E-state index in [9.17, 15) is 13.6 Å². The van der Waals surface area contributed by atoms with Crippen LogP contribution in [0.25, 0.3) is 16.3 Å². The van der Waals surface area contributed by atoms with Gasteiger partial charge in [-0.3, -0.25) is 0 Å². The molecular weight excluding hydrogens is 302 g/mol. The SMILES string of the molecule is C=C(C(=O)OC)c1ccc2cc(F)c(OC(F)Cl)cc2c1. The van der Waals surface area contributed by atoms with Crippen molar-refractivity contribution in [2.75, 3.05) is 7.11 Å². The highest BCUT2D eigenvalue weighted by Gasteiger charge is 2.13. The normalized spacial score (nSPS) is 12.0. The van der Waals surface area contributed by atoms with E-state index >= 15 is 0 Å². The van der Waals surface area contributed by atoms with Gasteiger partial charge in [0, 0.05) is 0 Å². The standard InChI is InChI=1S/C15H11ClF2O3/c1-8(14(19)20-2)9-3-4-10-6-12(17)13(21-15(16)18)7-11(10)5-9/h3-7,15H,1H2,2H3. The Kier molecular flexibility index (Phi) is 4.43. The lowest BCUT2D eigenvalue weighted by atomic mass is 10.0. The molecule has 0 spiro atoms. The highest BCUT2D eigenvalue weighted by atomic mass is 35.5. The number of esters is 1. The van der Waals surface area contributed by atoms with E-state index in [1.165, 1.54) is 19.2 Å². The first kappa shape index (κ1) is 15.3. The summed E-state index contributed by atoms with van der Waals surface area (Å²) in [5, 5.41) is 1.11. The van der Waals surface area contributed by atoms with Crippen molar-refractivity contribution in [3.63, 3.8) is 0 Å². The third-order valence-electron chi connectivity index (χ3n) is 2.89. The van der Waals surface area contributed by atoms with Crippen LogP contribution in [0, 0.1) is 5.82 Å². The number of methoxy groups -OCH3 is 1. The van der Waals surface area contributed by atoms with E-state index in [-0.39, 0.29) is 11.3 Å². The largest absolute Gasteiger partial charge is 0.465 e. The van der Waals surface area contributed by atoms with Gasteiger partial charge in [-0.05, 0) is 46.1 Å². The zero-order chi connectivity index (χ0) is 15.6. The molecule has 0 amide bonds. The minimum absolute atomic E-state index is 0.159. The van der Waals surface area contributed by atoms with Crippen LogP contribution in [0.3, 0.4) is 0 Å². The molecule has 2 rings (SSSR count). The number of fused-ring (bicyclic) bond motifs is 1. The summed E-state index contributed by atoms with van der Waals surface area (Å²) in [6.07, 6.45) is 0. The van der Waals surface area contributed by atoms with Gasteiger partial charge in [0.25, 0.3) is 0 Å². The number of alkyl halides is 2.